The third-order valence-electron chi connectivity index (χ3n) is 3.17. The number of hydrogen-bond acceptors (Lipinski definition) is 5. The van der Waals surface area contributed by atoms with Gasteiger partial charge in [-0.2, -0.15) is 5.10 Å². The molecule has 0 atom stereocenters. The van der Waals surface area contributed by atoms with Crippen LogP contribution in [0.25, 0.3) is 0 Å². The molecule has 0 amide bonds. The van der Waals surface area contributed by atoms with Gasteiger partial charge in [0.05, 0.1) is 11.9 Å². The van der Waals surface area contributed by atoms with Gasteiger partial charge >= 0.3 is 0 Å². The zero-order valence-electron chi connectivity index (χ0n) is 13.1. The Morgan fingerprint density at radius 3 is 2.83 bits per heavy atom. The van der Waals surface area contributed by atoms with Crippen molar-refractivity contribution in [2.24, 2.45) is 5.10 Å². The lowest BCUT2D eigenvalue weighted by Crippen LogP contribution is -1.96. The maximum absolute atomic E-state index is 5.83. The van der Waals surface area contributed by atoms with Gasteiger partial charge in [-0.25, -0.2) is 4.98 Å². The minimum atomic E-state index is 0.532. The van der Waals surface area contributed by atoms with E-state index in [0.717, 1.165) is 32.2 Å². The number of benzene rings is 2. The van der Waals surface area contributed by atoms with E-state index >= 15 is 0 Å². The summed E-state index contributed by atoms with van der Waals surface area (Å²) in [6, 6.07) is 15.9. The number of thiazole rings is 1. The van der Waals surface area contributed by atoms with Gasteiger partial charge in [0.25, 0.3) is 0 Å². The van der Waals surface area contributed by atoms with Crippen LogP contribution < -0.4 is 10.2 Å². The Labute approximate surface area is 153 Å². The molecule has 1 aromatic heterocycles. The number of hydrazone groups is 1. The standard InChI is InChI=1S/C18H16BrN3OS/c1-13-12-24-18(21-13)22-20-10-15-3-2-4-17(9-15)23-11-14-5-7-16(19)8-6-14/h2-10,12H,11H2,1H3,(H,21,22). The van der Waals surface area contributed by atoms with Crippen molar-refractivity contribution in [2.75, 3.05) is 5.43 Å². The first-order valence-electron chi connectivity index (χ1n) is 7.37. The summed E-state index contributed by atoms with van der Waals surface area (Å²) < 4.78 is 6.90. The topological polar surface area (TPSA) is 46.5 Å². The van der Waals surface area contributed by atoms with E-state index in [1.807, 2.05) is 60.8 Å². The molecule has 0 aliphatic rings. The summed E-state index contributed by atoms with van der Waals surface area (Å²) in [5.41, 5.74) is 6.00. The number of nitrogens with one attached hydrogen (secondary N) is 1. The Morgan fingerprint density at radius 2 is 2.08 bits per heavy atom. The van der Waals surface area contributed by atoms with Gasteiger partial charge < -0.3 is 4.74 Å². The first-order valence-corrected chi connectivity index (χ1v) is 9.05. The molecular weight excluding hydrogens is 386 g/mol. The van der Waals surface area contributed by atoms with Crippen LogP contribution in [0.15, 0.2) is 63.5 Å². The molecule has 0 spiro atoms. The van der Waals surface area contributed by atoms with Gasteiger partial charge in [-0.05, 0) is 42.3 Å². The zero-order chi connectivity index (χ0) is 16.8. The molecule has 0 aliphatic heterocycles. The third kappa shape index (κ3) is 4.91. The highest BCUT2D eigenvalue weighted by Gasteiger charge is 1.98. The monoisotopic (exact) mass is 401 g/mol. The Hall–Kier alpha value is -2.18. The maximum atomic E-state index is 5.83. The van der Waals surface area contributed by atoms with Crippen molar-refractivity contribution in [3.63, 3.8) is 0 Å². The smallest absolute Gasteiger partial charge is 0.203 e. The molecule has 24 heavy (non-hydrogen) atoms. The molecule has 3 aromatic rings. The highest BCUT2D eigenvalue weighted by atomic mass is 79.9. The average molecular weight is 402 g/mol. The van der Waals surface area contributed by atoms with Crippen LogP contribution in [0.3, 0.4) is 0 Å². The van der Waals surface area contributed by atoms with Gasteiger partial charge in [0.15, 0.2) is 0 Å². The van der Waals surface area contributed by atoms with Crippen molar-refractivity contribution in [1.29, 1.82) is 0 Å². The molecule has 0 saturated heterocycles. The van der Waals surface area contributed by atoms with Crippen LogP contribution in [0, 0.1) is 6.92 Å². The third-order valence-corrected chi connectivity index (χ3v) is 4.56. The number of ether oxygens (including phenoxy) is 1. The Kier molecular flexibility index (Phi) is 5.61. The molecule has 1 heterocycles. The van der Waals surface area contributed by atoms with Crippen LogP contribution in [-0.2, 0) is 6.61 Å². The highest BCUT2D eigenvalue weighted by Crippen LogP contribution is 2.17. The first-order chi connectivity index (χ1) is 11.7. The zero-order valence-corrected chi connectivity index (χ0v) is 15.5. The molecule has 0 aliphatic carbocycles. The van der Waals surface area contributed by atoms with Crippen LogP contribution >= 0.6 is 27.3 Å². The lowest BCUT2D eigenvalue weighted by Gasteiger charge is -2.07. The second kappa shape index (κ2) is 8.08. The first kappa shape index (κ1) is 16.7. The molecular formula is C18H16BrN3OS. The molecule has 0 saturated carbocycles. The quantitative estimate of drug-likeness (QED) is 0.453. The van der Waals surface area contributed by atoms with Gasteiger partial charge in [0, 0.05) is 9.85 Å². The summed E-state index contributed by atoms with van der Waals surface area (Å²) in [5, 5.41) is 6.97. The summed E-state index contributed by atoms with van der Waals surface area (Å²) in [5.74, 6) is 0.812. The van der Waals surface area contributed by atoms with Crippen molar-refractivity contribution in [1.82, 2.24) is 4.98 Å². The molecule has 4 nitrogen and oxygen atoms in total. The van der Waals surface area contributed by atoms with E-state index in [4.69, 9.17) is 4.74 Å². The molecule has 122 valence electrons. The summed E-state index contributed by atoms with van der Waals surface area (Å²) >= 11 is 4.96. The summed E-state index contributed by atoms with van der Waals surface area (Å²) in [6.07, 6.45) is 1.75. The molecule has 0 radical (unpaired) electrons. The Morgan fingerprint density at radius 1 is 1.25 bits per heavy atom. The van der Waals surface area contributed by atoms with E-state index < -0.39 is 0 Å². The van der Waals surface area contributed by atoms with E-state index in [1.54, 1.807) is 6.21 Å². The fourth-order valence-corrected chi connectivity index (χ4v) is 2.90. The average Bonchev–Trinajstić information content (AvgIpc) is 3.00. The molecule has 0 fully saturated rings. The minimum absolute atomic E-state index is 0.532. The van der Waals surface area contributed by atoms with Crippen molar-refractivity contribution < 1.29 is 4.74 Å². The number of aryl methyl sites for hydroxylation is 1. The maximum Gasteiger partial charge on any atom is 0.203 e. The van der Waals surface area contributed by atoms with E-state index in [1.165, 1.54) is 11.3 Å². The van der Waals surface area contributed by atoms with Crippen molar-refractivity contribution in [3.05, 3.63) is 75.2 Å². The van der Waals surface area contributed by atoms with Crippen LogP contribution in [-0.4, -0.2) is 11.2 Å². The Bertz CT molecular complexity index is 830. The summed E-state index contributed by atoms with van der Waals surface area (Å²) in [4.78, 5) is 4.29. The summed E-state index contributed by atoms with van der Waals surface area (Å²) in [7, 11) is 0. The SMILES string of the molecule is Cc1csc(NN=Cc2cccc(OCc3ccc(Br)cc3)c2)n1. The minimum Gasteiger partial charge on any atom is -0.489 e. The van der Waals surface area contributed by atoms with Crippen molar-refractivity contribution >= 4 is 38.6 Å². The molecule has 6 heteroatoms. The summed E-state index contributed by atoms with van der Waals surface area (Å²) in [6.45, 7) is 2.49. The van der Waals surface area contributed by atoms with E-state index in [9.17, 15) is 0 Å². The second-order valence-corrected chi connectivity index (χ2v) is 6.93. The Balaban J connectivity index is 1.58. The molecule has 0 bridgehead atoms. The van der Waals surface area contributed by atoms with E-state index in [0.29, 0.717) is 6.61 Å². The van der Waals surface area contributed by atoms with Gasteiger partial charge in [-0.3, -0.25) is 5.43 Å². The number of aromatic nitrogens is 1. The number of hydrogen-bond donors (Lipinski definition) is 1. The lowest BCUT2D eigenvalue weighted by atomic mass is 10.2. The molecule has 3 rings (SSSR count). The van der Waals surface area contributed by atoms with Gasteiger partial charge in [-0.15, -0.1) is 11.3 Å². The predicted octanol–water partition coefficient (Wildman–Crippen LogP) is 5.24. The molecule has 0 unspecified atom stereocenters. The number of rotatable bonds is 6. The van der Waals surface area contributed by atoms with Gasteiger partial charge in [-0.1, -0.05) is 40.2 Å². The van der Waals surface area contributed by atoms with Crippen LogP contribution in [0.4, 0.5) is 5.13 Å². The predicted molar refractivity (Wildman–Crippen MR) is 103 cm³/mol. The fourth-order valence-electron chi connectivity index (χ4n) is 2.00. The lowest BCUT2D eigenvalue weighted by molar-refractivity contribution is 0.306. The van der Waals surface area contributed by atoms with Crippen LogP contribution in [0.5, 0.6) is 5.75 Å². The normalized spacial score (nSPS) is 10.9. The largest absolute Gasteiger partial charge is 0.489 e. The molecule has 2 aromatic carbocycles. The van der Waals surface area contributed by atoms with Crippen LogP contribution in [0.1, 0.15) is 16.8 Å². The number of anilines is 1. The van der Waals surface area contributed by atoms with Crippen LogP contribution in [0.2, 0.25) is 0 Å². The van der Waals surface area contributed by atoms with E-state index in [-0.39, 0.29) is 0 Å². The van der Waals surface area contributed by atoms with Crippen molar-refractivity contribution in [2.45, 2.75) is 13.5 Å². The highest BCUT2D eigenvalue weighted by molar-refractivity contribution is 9.10. The van der Waals surface area contributed by atoms with E-state index in [2.05, 4.69) is 31.4 Å². The van der Waals surface area contributed by atoms with Crippen molar-refractivity contribution in [3.8, 4) is 5.75 Å². The second-order valence-electron chi connectivity index (χ2n) is 5.15. The number of halogens is 1. The fraction of sp³-hybridized carbons (Fsp3) is 0.111. The number of nitrogens with zero attached hydrogens (tertiary/aromatic N) is 2. The molecule has 1 N–H and O–H groups in total. The van der Waals surface area contributed by atoms with Gasteiger partial charge in [0.2, 0.25) is 5.13 Å². The van der Waals surface area contributed by atoms with Gasteiger partial charge in [0.1, 0.15) is 12.4 Å².